The minimum atomic E-state index is -0.970. The maximum absolute atomic E-state index is 13.1. The molecule has 12 aromatic rings. The number of carbonyl (C=O) groups excluding carboxylic acids is 9. The predicted molar refractivity (Wildman–Crippen MR) is 447 cm³/mol. The first-order chi connectivity index (χ1) is 55.2. The number of rotatable bonds is 21. The van der Waals surface area contributed by atoms with Crippen LogP contribution >= 0.6 is 0 Å². The van der Waals surface area contributed by atoms with Gasteiger partial charge in [0.2, 0.25) is 0 Å². The van der Waals surface area contributed by atoms with Crippen LogP contribution in [0.15, 0.2) is 195 Å². The summed E-state index contributed by atoms with van der Waals surface area (Å²) in [5.41, 5.74) is 26.5. The summed E-state index contributed by atoms with van der Waals surface area (Å²) in [5, 5.41) is 17.2. The molecule has 0 unspecified atom stereocenters. The molecule has 0 aliphatic rings. The van der Waals surface area contributed by atoms with Crippen LogP contribution in [0.5, 0.6) is 0 Å². The molecule has 0 atom stereocenters. The molecule has 4 aromatic carbocycles. The van der Waals surface area contributed by atoms with Crippen LogP contribution in [0, 0.1) is 0 Å². The van der Waals surface area contributed by atoms with Crippen molar-refractivity contribution in [2.24, 2.45) is 56.4 Å². The number of nitrogens with two attached hydrogens (primary N) is 2. The number of ether oxygens (including phenoxy) is 5. The molecule has 0 aliphatic carbocycles. The summed E-state index contributed by atoms with van der Waals surface area (Å²) >= 11 is 0. The van der Waals surface area contributed by atoms with Crippen LogP contribution in [0.3, 0.4) is 0 Å². The Labute approximate surface area is 676 Å². The summed E-state index contributed by atoms with van der Waals surface area (Å²) in [6.07, 6.45) is 13.9. The molecule has 0 bridgehead atoms. The van der Waals surface area contributed by atoms with Crippen molar-refractivity contribution < 1.29 is 76.7 Å². The molecule has 8 heterocycles. The molecule has 3 amide bonds. The molecule has 29 heteroatoms. The topological polar surface area (TPSA) is 365 Å². The smallest absolute Gasteiger partial charge is 0.412 e. The normalized spacial score (nSPS) is 11.0. The van der Waals surface area contributed by atoms with Crippen LogP contribution in [0.4, 0.5) is 38.0 Å². The van der Waals surface area contributed by atoms with E-state index in [1.807, 2.05) is 135 Å². The summed E-state index contributed by atoms with van der Waals surface area (Å²) in [6, 6.07) is 43.2. The number of amides is 3. The number of nitrogens with zero attached hydrogens (tertiary/aromatic N) is 8. The maximum atomic E-state index is 13.1. The second kappa shape index (κ2) is 37.1. The second-order valence-corrected chi connectivity index (χ2v) is 29.8. The number of esters is 3. The highest BCUT2D eigenvalue weighted by Gasteiger charge is 2.25. The summed E-state index contributed by atoms with van der Waals surface area (Å²) in [7, 11) is 18.1. The number of ketones is 3. The zero-order valence-electron chi connectivity index (χ0n) is 68.4. The van der Waals surface area contributed by atoms with E-state index in [2.05, 4.69) is 16.0 Å². The van der Waals surface area contributed by atoms with E-state index in [1.165, 1.54) is 21.3 Å². The number of hydrogen-bond acceptors (Lipinski definition) is 17. The van der Waals surface area contributed by atoms with E-state index in [0.29, 0.717) is 68.3 Å². The first-order valence-electron chi connectivity index (χ1n) is 36.8. The monoisotopic (exact) mass is 1590 g/mol. The van der Waals surface area contributed by atoms with Gasteiger partial charge in [-0.25, -0.2) is 28.8 Å². The third-order valence-electron chi connectivity index (χ3n) is 18.3. The molecule has 0 saturated heterocycles. The lowest BCUT2D eigenvalue weighted by Crippen LogP contribution is -2.27. The van der Waals surface area contributed by atoms with Gasteiger partial charge < -0.3 is 82.1 Å². The van der Waals surface area contributed by atoms with Crippen molar-refractivity contribution in [3.8, 4) is 44.5 Å². The minimum Gasteiger partial charge on any atom is -0.477 e. The summed E-state index contributed by atoms with van der Waals surface area (Å²) in [6.45, 7) is 10.8. The van der Waals surface area contributed by atoms with E-state index in [1.54, 1.807) is 194 Å². The molecule has 8 aromatic heterocycles. The number of nitrogen functional groups attached to an aromatic ring is 2. The van der Waals surface area contributed by atoms with Crippen LogP contribution in [0.1, 0.15) is 142 Å². The number of aromatic nitrogens is 8. The van der Waals surface area contributed by atoms with E-state index in [4.69, 9.17) is 40.3 Å². The average molecular weight is 1590 g/mol. The molecule has 117 heavy (non-hydrogen) atoms. The van der Waals surface area contributed by atoms with Gasteiger partial charge in [0.05, 0.1) is 44.1 Å². The number of benzene rings is 4. The summed E-state index contributed by atoms with van der Waals surface area (Å²) in [5.74, 6) is -2.81. The standard InChI is InChI=1S/C26H27N5O4.C25H29N3O5.C20H21N3O3.C17H20N2O4/c1-29-13-16(9-22(29)25(33)28-20-12-23(26(34)35-4)31(3)15-20)10-24(32)21-11-18(14-30(21)2)17-5-7-19(27)8-6-17;1-25(2,3)33-24(31)26-19-9-7-17(8-10-19)18-13-20(28(5)15-18)22(29)12-16-11-21(23(30)32-6)27(4)14-16;1-22-11-13(8-18(22)20(25)26-3)9-19(24)17-10-15(12-23(17)2)14-4-6-16(21)7-5-14;1-17(2,3)23-16(22)18-13-7-5-11(6-8-13)12-9-14(15(20)21)19(4)10-12/h5-9,11-15H,10,27H2,1-4H3,(H,28,33);7-11,13-15H,12H2,1-6H3,(H,26,31);4-8,10-12H,9,21H2,1-3H3;5-10H,1-4H3,(H,18,22)(H,20,21). The highest BCUT2D eigenvalue weighted by atomic mass is 16.6. The Balaban J connectivity index is 0.000000180. The van der Waals surface area contributed by atoms with Crippen molar-refractivity contribution in [3.05, 3.63) is 257 Å². The minimum absolute atomic E-state index is 0.0174. The van der Waals surface area contributed by atoms with Gasteiger partial charge in [0.25, 0.3) is 5.91 Å². The van der Waals surface area contributed by atoms with Crippen molar-refractivity contribution in [1.82, 2.24) is 36.5 Å². The second-order valence-electron chi connectivity index (χ2n) is 29.8. The van der Waals surface area contributed by atoms with Crippen LogP contribution in [-0.4, -0.2) is 133 Å². The average Bonchev–Trinajstić information content (AvgIpc) is 1.67. The van der Waals surface area contributed by atoms with Crippen molar-refractivity contribution >= 4 is 87.8 Å². The van der Waals surface area contributed by atoms with Gasteiger partial charge in [-0.2, -0.15) is 0 Å². The molecule has 0 spiro atoms. The van der Waals surface area contributed by atoms with E-state index in [-0.39, 0.29) is 48.2 Å². The number of nitrogens with one attached hydrogen (secondary N) is 3. The summed E-state index contributed by atoms with van der Waals surface area (Å²) in [4.78, 5) is 122. The number of carboxylic acid groups (broad SMARTS) is 1. The van der Waals surface area contributed by atoms with Crippen molar-refractivity contribution in [2.75, 3.05) is 48.7 Å². The van der Waals surface area contributed by atoms with Crippen molar-refractivity contribution in [3.63, 3.8) is 0 Å². The highest BCUT2D eigenvalue weighted by molar-refractivity contribution is 6.05. The number of methoxy groups -OCH3 is 3. The molecule has 610 valence electrons. The van der Waals surface area contributed by atoms with Gasteiger partial charge >= 0.3 is 36.1 Å². The Morgan fingerprint density at radius 2 is 0.581 bits per heavy atom. The lowest BCUT2D eigenvalue weighted by molar-refractivity contribution is 0.0581. The molecule has 12 rings (SSSR count). The Morgan fingerprint density at radius 1 is 0.316 bits per heavy atom. The van der Waals surface area contributed by atoms with Crippen molar-refractivity contribution in [1.29, 1.82) is 0 Å². The molecular formula is C88H97N13O16. The predicted octanol–water partition coefficient (Wildman–Crippen LogP) is 14.6. The van der Waals surface area contributed by atoms with Crippen molar-refractivity contribution in [2.45, 2.75) is 72.0 Å². The number of carbonyl (C=O) groups is 10. The van der Waals surface area contributed by atoms with Gasteiger partial charge in [-0.3, -0.25) is 29.8 Å². The fraction of sp³-hybridized carbons (Fsp3) is 0.250. The first kappa shape index (κ1) is 86.6. The fourth-order valence-electron chi connectivity index (χ4n) is 12.6. The largest absolute Gasteiger partial charge is 0.477 e. The number of carboxylic acids is 1. The fourth-order valence-corrected chi connectivity index (χ4v) is 12.6. The van der Waals surface area contributed by atoms with Gasteiger partial charge in [0, 0.05) is 170 Å². The van der Waals surface area contributed by atoms with E-state index in [0.717, 1.165) is 61.2 Å². The molecule has 0 fully saturated rings. The number of anilines is 5. The number of aryl methyl sites for hydroxylation is 8. The third kappa shape index (κ3) is 23.0. The third-order valence-corrected chi connectivity index (χ3v) is 18.3. The number of hydrogen-bond donors (Lipinski definition) is 6. The maximum Gasteiger partial charge on any atom is 0.412 e. The lowest BCUT2D eigenvalue weighted by atomic mass is 10.1. The highest BCUT2D eigenvalue weighted by Crippen LogP contribution is 2.30. The van der Waals surface area contributed by atoms with Crippen LogP contribution < -0.4 is 27.4 Å². The number of Topliss-reactive ketones (excluding diaryl/α,β-unsaturated/α-hetero) is 3. The quantitative estimate of drug-likeness (QED) is 0.0168. The van der Waals surface area contributed by atoms with Gasteiger partial charge in [0.15, 0.2) is 17.3 Å². The molecule has 0 aliphatic heterocycles. The van der Waals surface area contributed by atoms with E-state index >= 15 is 0 Å². The van der Waals surface area contributed by atoms with Crippen LogP contribution in [0.2, 0.25) is 0 Å². The zero-order chi connectivity index (χ0) is 85.7. The summed E-state index contributed by atoms with van der Waals surface area (Å²) < 4.78 is 38.2. The SMILES string of the molecule is COC(=O)c1cc(CC(=O)c2cc(-c3ccc(N)cc3)cn2C)cn1C.COC(=O)c1cc(CC(=O)c2cc(-c3ccc(NC(=O)OC(C)(C)C)cc3)cn2C)cn1C.COC(=O)c1cc(NC(=O)c2cc(CC(=O)c3cc(-c4ccc(N)cc4)cn3C)cn2C)cn1C.Cn1cc(-c2ccc(NC(=O)OC(C)(C)C)cc2)cc1C(=O)O. The zero-order valence-corrected chi connectivity index (χ0v) is 68.4. The van der Waals surface area contributed by atoms with Crippen LogP contribution in [-0.2, 0) is 99.3 Å². The molecule has 0 radical (unpaired) electrons. The molecule has 29 nitrogen and oxygen atoms in total. The van der Waals surface area contributed by atoms with Gasteiger partial charge in [-0.1, -0.05) is 48.5 Å². The van der Waals surface area contributed by atoms with Gasteiger partial charge in [0.1, 0.15) is 39.7 Å². The Hall–Kier alpha value is -14.4. The number of aromatic carboxylic acids is 1. The Kier molecular flexibility index (Phi) is 27.4. The van der Waals surface area contributed by atoms with Crippen LogP contribution in [0.25, 0.3) is 44.5 Å². The lowest BCUT2D eigenvalue weighted by Gasteiger charge is -2.19. The Bertz CT molecular complexity index is 5660. The molecular weight excluding hydrogens is 1500 g/mol. The van der Waals surface area contributed by atoms with Gasteiger partial charge in [-0.15, -0.1) is 0 Å². The molecule has 8 N–H and O–H groups in total. The first-order valence-corrected chi connectivity index (χ1v) is 36.8. The van der Waals surface area contributed by atoms with E-state index < -0.39 is 47.3 Å². The Morgan fingerprint density at radius 3 is 0.880 bits per heavy atom. The van der Waals surface area contributed by atoms with E-state index in [9.17, 15) is 47.9 Å². The van der Waals surface area contributed by atoms with Gasteiger partial charge in [-0.05, 0) is 178 Å². The molecule has 0 saturated carbocycles.